The van der Waals surface area contributed by atoms with E-state index < -0.39 is 0 Å². The maximum atomic E-state index is 5.75. The molecule has 0 aromatic rings. The highest BCUT2D eigenvalue weighted by Gasteiger charge is 2.47. The molecule has 64 valence electrons. The van der Waals surface area contributed by atoms with Gasteiger partial charge in [-0.3, -0.25) is 0 Å². The normalized spacial score (nSPS) is 43.3. The van der Waals surface area contributed by atoms with E-state index in [4.69, 9.17) is 9.47 Å². The molecule has 0 radical (unpaired) electrons. The van der Waals surface area contributed by atoms with Crippen molar-refractivity contribution >= 4 is 0 Å². The van der Waals surface area contributed by atoms with E-state index in [-0.39, 0.29) is 5.60 Å². The molecular formula is C9H11NO2. The summed E-state index contributed by atoms with van der Waals surface area (Å²) >= 11 is 0. The monoisotopic (exact) mass is 165 g/mol. The van der Waals surface area contributed by atoms with Gasteiger partial charge in [-0.1, -0.05) is 12.2 Å². The first-order valence-corrected chi connectivity index (χ1v) is 4.25. The van der Waals surface area contributed by atoms with Gasteiger partial charge in [-0.05, 0) is 6.08 Å². The van der Waals surface area contributed by atoms with Crippen molar-refractivity contribution in [2.75, 3.05) is 20.0 Å². The van der Waals surface area contributed by atoms with E-state index in [0.717, 1.165) is 18.7 Å². The Morgan fingerprint density at radius 3 is 3.42 bits per heavy atom. The minimum absolute atomic E-state index is 0.132. The molecule has 2 atom stereocenters. The van der Waals surface area contributed by atoms with Crippen LogP contribution in [0.5, 0.6) is 0 Å². The maximum Gasteiger partial charge on any atom is 0.143 e. The van der Waals surface area contributed by atoms with Crippen LogP contribution in [0.4, 0.5) is 0 Å². The number of ether oxygens (including phenoxy) is 2. The molecule has 3 heteroatoms. The van der Waals surface area contributed by atoms with E-state index in [2.05, 4.69) is 11.0 Å². The number of allylic oxidation sites excluding steroid dienone is 2. The molecule has 0 amide bonds. The van der Waals surface area contributed by atoms with Crippen molar-refractivity contribution in [3.8, 4) is 0 Å². The number of hydrogen-bond acceptors (Lipinski definition) is 3. The Hall–Kier alpha value is -0.800. The first-order chi connectivity index (χ1) is 5.89. The van der Waals surface area contributed by atoms with Gasteiger partial charge in [0.25, 0.3) is 0 Å². The fourth-order valence-electron chi connectivity index (χ4n) is 2.03. The van der Waals surface area contributed by atoms with Crippen LogP contribution in [-0.2, 0) is 9.47 Å². The standard InChI is InChI=1S/C9H11NO2/c1-2-4-9-5-10(7-12-9)6-11-8(9)3-1/h1-3H,4-7H2. The van der Waals surface area contributed by atoms with Gasteiger partial charge in [0.1, 0.15) is 24.8 Å². The highest BCUT2D eigenvalue weighted by atomic mass is 16.6. The molecule has 2 heterocycles. The molecular weight excluding hydrogens is 154 g/mol. The van der Waals surface area contributed by atoms with Gasteiger partial charge in [-0.25, -0.2) is 4.90 Å². The third-order valence-corrected chi connectivity index (χ3v) is 2.69. The first kappa shape index (κ1) is 6.69. The van der Waals surface area contributed by atoms with Gasteiger partial charge in [0.2, 0.25) is 0 Å². The van der Waals surface area contributed by atoms with Crippen LogP contribution >= 0.6 is 0 Å². The minimum Gasteiger partial charge on any atom is -0.479 e. The Morgan fingerprint density at radius 1 is 1.42 bits per heavy atom. The predicted molar refractivity (Wildman–Crippen MR) is 43.2 cm³/mol. The van der Waals surface area contributed by atoms with Crippen LogP contribution in [0.3, 0.4) is 0 Å². The zero-order chi connectivity index (χ0) is 8.02. The summed E-state index contributed by atoms with van der Waals surface area (Å²) in [6, 6.07) is 0. The van der Waals surface area contributed by atoms with Gasteiger partial charge in [0.05, 0.1) is 0 Å². The van der Waals surface area contributed by atoms with Crippen molar-refractivity contribution in [2.45, 2.75) is 12.0 Å². The molecule has 0 aromatic carbocycles. The summed E-state index contributed by atoms with van der Waals surface area (Å²) < 4.78 is 11.3. The molecule has 0 N–H and O–H groups in total. The lowest BCUT2D eigenvalue weighted by molar-refractivity contribution is -0.00665. The second-order valence-corrected chi connectivity index (χ2v) is 3.53. The van der Waals surface area contributed by atoms with Crippen LogP contribution in [-0.4, -0.2) is 30.5 Å². The average molecular weight is 165 g/mol. The Labute approximate surface area is 71.2 Å². The summed E-state index contributed by atoms with van der Waals surface area (Å²) in [6.07, 6.45) is 7.15. The van der Waals surface area contributed by atoms with E-state index in [1.54, 1.807) is 0 Å². The summed E-state index contributed by atoms with van der Waals surface area (Å²) in [5.41, 5.74) is -0.132. The van der Waals surface area contributed by atoms with Crippen LogP contribution < -0.4 is 0 Å². The van der Waals surface area contributed by atoms with Gasteiger partial charge >= 0.3 is 0 Å². The maximum absolute atomic E-state index is 5.75. The number of nitrogens with zero attached hydrogens (tertiary/aromatic N) is 1. The molecule has 3 nitrogen and oxygen atoms in total. The molecule has 12 heavy (non-hydrogen) atoms. The summed E-state index contributed by atoms with van der Waals surface area (Å²) in [5, 5.41) is 0. The predicted octanol–water partition coefficient (Wildman–Crippen LogP) is 0.846. The zero-order valence-electron chi connectivity index (χ0n) is 6.82. The molecule has 2 fully saturated rings. The van der Waals surface area contributed by atoms with Crippen LogP contribution in [0.15, 0.2) is 24.0 Å². The Morgan fingerprint density at radius 2 is 2.42 bits per heavy atom. The topological polar surface area (TPSA) is 21.7 Å². The summed E-state index contributed by atoms with van der Waals surface area (Å²) in [7, 11) is 0. The molecule has 1 aliphatic carbocycles. The largest absolute Gasteiger partial charge is 0.479 e. The third-order valence-electron chi connectivity index (χ3n) is 2.69. The summed E-state index contributed by atoms with van der Waals surface area (Å²) in [6.45, 7) is 2.38. The van der Waals surface area contributed by atoms with E-state index >= 15 is 0 Å². The molecule has 2 unspecified atom stereocenters. The van der Waals surface area contributed by atoms with Crippen LogP contribution in [0.2, 0.25) is 0 Å². The molecule has 1 spiro atoms. The minimum atomic E-state index is -0.132. The summed E-state index contributed by atoms with van der Waals surface area (Å²) in [4.78, 5) is 2.18. The van der Waals surface area contributed by atoms with Gasteiger partial charge in [-0.2, -0.15) is 0 Å². The van der Waals surface area contributed by atoms with Crippen LogP contribution in [0, 0.1) is 0 Å². The molecule has 0 aromatic heterocycles. The number of rotatable bonds is 0. The lowest BCUT2D eigenvalue weighted by Crippen LogP contribution is -2.43. The van der Waals surface area contributed by atoms with Crippen molar-refractivity contribution in [1.82, 2.24) is 4.90 Å². The molecule has 3 rings (SSSR count). The average Bonchev–Trinajstić information content (AvgIpc) is 2.43. The van der Waals surface area contributed by atoms with E-state index in [0.29, 0.717) is 13.5 Å². The van der Waals surface area contributed by atoms with Crippen molar-refractivity contribution in [3.05, 3.63) is 24.0 Å². The fourth-order valence-corrected chi connectivity index (χ4v) is 2.03. The van der Waals surface area contributed by atoms with Crippen molar-refractivity contribution in [2.24, 2.45) is 0 Å². The van der Waals surface area contributed by atoms with E-state index in [9.17, 15) is 0 Å². The lowest BCUT2D eigenvalue weighted by atomic mass is 9.92. The van der Waals surface area contributed by atoms with Gasteiger partial charge in [-0.15, -0.1) is 0 Å². The quantitative estimate of drug-likeness (QED) is 0.531. The fraction of sp³-hybridized carbons (Fsp3) is 0.556. The third kappa shape index (κ3) is 0.726. The number of hydrogen-bond donors (Lipinski definition) is 0. The van der Waals surface area contributed by atoms with E-state index in [1.807, 2.05) is 12.2 Å². The van der Waals surface area contributed by atoms with Gasteiger partial charge in [0.15, 0.2) is 0 Å². The lowest BCUT2D eigenvalue weighted by Gasteiger charge is -2.34. The number of fused-ring (bicyclic) bond motifs is 1. The van der Waals surface area contributed by atoms with Crippen molar-refractivity contribution in [1.29, 1.82) is 0 Å². The van der Waals surface area contributed by atoms with Crippen molar-refractivity contribution < 1.29 is 9.47 Å². The molecule has 2 bridgehead atoms. The van der Waals surface area contributed by atoms with E-state index in [1.165, 1.54) is 0 Å². The Bertz CT molecular complexity index is 272. The molecule has 0 saturated carbocycles. The Kier molecular flexibility index (Phi) is 1.18. The molecule has 2 aliphatic heterocycles. The summed E-state index contributed by atoms with van der Waals surface area (Å²) in [5.74, 6) is 1.01. The SMILES string of the molecule is C1=CCC23CN(COC2=C1)CO3. The highest BCUT2D eigenvalue weighted by molar-refractivity contribution is 5.27. The zero-order valence-corrected chi connectivity index (χ0v) is 6.82. The smallest absolute Gasteiger partial charge is 0.143 e. The highest BCUT2D eigenvalue weighted by Crippen LogP contribution is 2.38. The van der Waals surface area contributed by atoms with Crippen LogP contribution in [0.1, 0.15) is 6.42 Å². The Balaban J connectivity index is 2.03. The molecule has 2 saturated heterocycles. The first-order valence-electron chi connectivity index (χ1n) is 4.25. The second kappa shape index (κ2) is 2.12. The van der Waals surface area contributed by atoms with Gasteiger partial charge < -0.3 is 9.47 Å². The van der Waals surface area contributed by atoms with Crippen molar-refractivity contribution in [3.63, 3.8) is 0 Å². The van der Waals surface area contributed by atoms with Gasteiger partial charge in [0, 0.05) is 13.0 Å². The second-order valence-electron chi connectivity index (χ2n) is 3.53. The van der Waals surface area contributed by atoms with Crippen LogP contribution in [0.25, 0.3) is 0 Å². The molecule has 3 aliphatic rings.